The second kappa shape index (κ2) is 8.01. The van der Waals surface area contributed by atoms with Crippen molar-refractivity contribution in [2.45, 2.75) is 32.4 Å². The number of nitro groups is 1. The second-order valence-corrected chi connectivity index (χ2v) is 8.07. The van der Waals surface area contributed by atoms with Crippen molar-refractivity contribution in [1.82, 2.24) is 29.8 Å². The first-order valence-corrected chi connectivity index (χ1v) is 10.5. The molecule has 0 amide bonds. The van der Waals surface area contributed by atoms with Crippen LogP contribution in [0.3, 0.4) is 0 Å². The first kappa shape index (κ1) is 20.6. The highest BCUT2D eigenvalue weighted by Gasteiger charge is 2.41. The first-order valence-electron chi connectivity index (χ1n) is 10.5. The van der Waals surface area contributed by atoms with Crippen LogP contribution in [0.1, 0.15) is 19.4 Å². The lowest BCUT2D eigenvalue weighted by Gasteiger charge is -2.22. The number of rotatable bonds is 7. The Morgan fingerprint density at radius 2 is 1.94 bits per heavy atom. The summed E-state index contributed by atoms with van der Waals surface area (Å²) in [4.78, 5) is 14.2. The number of benzene rings is 2. The van der Waals surface area contributed by atoms with Crippen molar-refractivity contribution >= 4 is 5.82 Å². The fourth-order valence-corrected chi connectivity index (χ4v) is 3.71. The molecule has 168 valence electrons. The molecule has 11 nitrogen and oxygen atoms in total. The van der Waals surface area contributed by atoms with E-state index in [1.165, 1.54) is 11.8 Å². The minimum atomic E-state index is -0.677. The van der Waals surface area contributed by atoms with Crippen molar-refractivity contribution < 1.29 is 14.4 Å². The molecule has 5 rings (SSSR count). The summed E-state index contributed by atoms with van der Waals surface area (Å²) in [6.45, 7) is 4.65. The van der Waals surface area contributed by atoms with Gasteiger partial charge in [0.15, 0.2) is 11.4 Å². The number of imidazole rings is 1. The predicted octanol–water partition coefficient (Wildman–Crippen LogP) is 3.23. The van der Waals surface area contributed by atoms with Crippen LogP contribution in [-0.4, -0.2) is 46.9 Å². The first-order chi connectivity index (χ1) is 15.9. The van der Waals surface area contributed by atoms with E-state index in [0.29, 0.717) is 18.1 Å². The van der Waals surface area contributed by atoms with Gasteiger partial charge in [0, 0.05) is 10.5 Å². The summed E-state index contributed by atoms with van der Waals surface area (Å²) in [6, 6.07) is 15.8. The Kier molecular flexibility index (Phi) is 5.00. The third kappa shape index (κ3) is 4.00. The molecule has 3 heterocycles. The molecule has 0 fully saturated rings. The lowest BCUT2D eigenvalue weighted by Crippen LogP contribution is -2.38. The molecule has 2 aromatic carbocycles. The van der Waals surface area contributed by atoms with E-state index < -0.39 is 10.5 Å². The maximum atomic E-state index is 10.9. The van der Waals surface area contributed by atoms with Crippen LogP contribution in [0.25, 0.3) is 17.1 Å². The molecule has 11 heteroatoms. The van der Waals surface area contributed by atoms with Crippen molar-refractivity contribution in [3.8, 4) is 28.8 Å². The molecule has 0 saturated heterocycles. The van der Waals surface area contributed by atoms with Gasteiger partial charge in [-0.1, -0.05) is 31.2 Å². The topological polar surface area (TPSA) is 123 Å². The van der Waals surface area contributed by atoms with E-state index in [0.717, 1.165) is 17.7 Å². The third-order valence-corrected chi connectivity index (χ3v) is 5.47. The quantitative estimate of drug-likeness (QED) is 0.312. The van der Waals surface area contributed by atoms with Gasteiger partial charge in [0.05, 0.1) is 12.2 Å². The number of hydrogen-bond donors (Lipinski definition) is 0. The lowest BCUT2D eigenvalue weighted by atomic mass is 10.1. The summed E-state index contributed by atoms with van der Waals surface area (Å²) in [5.41, 5.74) is 2.31. The Labute approximate surface area is 188 Å². The molecule has 33 heavy (non-hydrogen) atoms. The molecule has 1 aliphatic rings. The summed E-state index contributed by atoms with van der Waals surface area (Å²) in [5.74, 6) is 1.08. The van der Waals surface area contributed by atoms with Gasteiger partial charge < -0.3 is 19.6 Å². The zero-order valence-corrected chi connectivity index (χ0v) is 18.1. The van der Waals surface area contributed by atoms with Gasteiger partial charge in [0.2, 0.25) is 0 Å². The number of nitrogens with zero attached hydrogens (tertiary/aromatic N) is 7. The fourth-order valence-electron chi connectivity index (χ4n) is 3.71. The molecule has 2 aromatic heterocycles. The number of fused-ring (bicyclic) bond motifs is 1. The van der Waals surface area contributed by atoms with Gasteiger partial charge in [-0.05, 0) is 58.5 Å². The Morgan fingerprint density at radius 1 is 1.18 bits per heavy atom. The summed E-state index contributed by atoms with van der Waals surface area (Å²) in [7, 11) is 0. The van der Waals surface area contributed by atoms with Gasteiger partial charge >= 0.3 is 11.8 Å². The Hall–Kier alpha value is -4.28. The molecule has 0 radical (unpaired) electrons. The lowest BCUT2D eigenvalue weighted by molar-refractivity contribution is -0.389. The van der Waals surface area contributed by atoms with Crippen molar-refractivity contribution in [1.29, 1.82) is 0 Å². The van der Waals surface area contributed by atoms with Gasteiger partial charge in [-0.2, -0.15) is 4.68 Å². The van der Waals surface area contributed by atoms with E-state index in [9.17, 15) is 10.1 Å². The van der Waals surface area contributed by atoms with Crippen LogP contribution in [0, 0.1) is 10.1 Å². The van der Waals surface area contributed by atoms with E-state index in [4.69, 9.17) is 9.47 Å². The SMILES string of the molecule is CCc1ccc(-c2nnnn2-c2ccc(OC[C@@]3(C)Cn4cc([N+](=O)[O-])nc4O3)cc2)cc1. The van der Waals surface area contributed by atoms with Crippen molar-refractivity contribution in [3.63, 3.8) is 0 Å². The minimum absolute atomic E-state index is 0.223. The Morgan fingerprint density at radius 3 is 2.61 bits per heavy atom. The maximum absolute atomic E-state index is 10.9. The van der Waals surface area contributed by atoms with Crippen LogP contribution < -0.4 is 9.47 Å². The maximum Gasteiger partial charge on any atom is 0.415 e. The van der Waals surface area contributed by atoms with Crippen LogP contribution in [0.15, 0.2) is 54.7 Å². The molecule has 0 bridgehead atoms. The zero-order chi connectivity index (χ0) is 23.0. The van der Waals surface area contributed by atoms with Crippen LogP contribution in [0.4, 0.5) is 5.82 Å². The van der Waals surface area contributed by atoms with E-state index >= 15 is 0 Å². The molecule has 4 aromatic rings. The number of ether oxygens (including phenoxy) is 2. The van der Waals surface area contributed by atoms with Gasteiger partial charge in [-0.25, -0.2) is 0 Å². The highest BCUT2D eigenvalue weighted by Crippen LogP contribution is 2.31. The smallest absolute Gasteiger partial charge is 0.415 e. The average molecular weight is 447 g/mol. The van der Waals surface area contributed by atoms with Gasteiger partial charge in [0.1, 0.15) is 18.6 Å². The van der Waals surface area contributed by atoms with Crippen LogP contribution in [0.2, 0.25) is 0 Å². The van der Waals surface area contributed by atoms with Crippen molar-refractivity contribution in [2.24, 2.45) is 0 Å². The molecule has 0 aliphatic carbocycles. The average Bonchev–Trinajstić information content (AvgIpc) is 3.52. The standard InChI is InChI=1S/C22H21N7O4/c1-3-15-4-6-16(7-5-15)20-24-25-26-28(20)17-8-10-18(11-9-17)32-14-22(2)13-27-12-19(29(30)31)23-21(27)33-22/h4-12H,3,13-14H2,1-2H3/t22-/m1/s1. The number of aromatic nitrogens is 6. The molecule has 0 unspecified atom stereocenters. The summed E-state index contributed by atoms with van der Waals surface area (Å²) in [5, 5.41) is 23.0. The largest absolute Gasteiger partial charge is 0.489 e. The van der Waals surface area contributed by atoms with Gasteiger partial charge in [0.25, 0.3) is 0 Å². The number of tetrazole rings is 1. The number of aryl methyl sites for hydroxylation is 1. The number of hydrogen-bond acceptors (Lipinski definition) is 8. The minimum Gasteiger partial charge on any atom is -0.489 e. The summed E-state index contributed by atoms with van der Waals surface area (Å²) in [6.07, 6.45) is 2.34. The van der Waals surface area contributed by atoms with Crippen LogP contribution >= 0.6 is 0 Å². The molecule has 0 spiro atoms. The van der Waals surface area contributed by atoms with Gasteiger partial charge in [-0.15, -0.1) is 5.10 Å². The van der Waals surface area contributed by atoms with E-state index in [2.05, 4.69) is 39.6 Å². The highest BCUT2D eigenvalue weighted by molar-refractivity contribution is 5.58. The summed E-state index contributed by atoms with van der Waals surface area (Å²) < 4.78 is 15.0. The Bertz CT molecular complexity index is 1270. The molecule has 0 saturated carbocycles. The summed E-state index contributed by atoms with van der Waals surface area (Å²) >= 11 is 0. The van der Waals surface area contributed by atoms with E-state index in [1.807, 2.05) is 43.3 Å². The molecular formula is C22H21N7O4. The van der Waals surface area contributed by atoms with E-state index in [1.54, 1.807) is 9.25 Å². The zero-order valence-electron chi connectivity index (χ0n) is 18.1. The monoisotopic (exact) mass is 447 g/mol. The molecular weight excluding hydrogens is 426 g/mol. The van der Waals surface area contributed by atoms with Crippen LogP contribution in [-0.2, 0) is 13.0 Å². The fraction of sp³-hybridized carbons (Fsp3) is 0.273. The molecule has 1 aliphatic heterocycles. The van der Waals surface area contributed by atoms with Gasteiger partial charge in [-0.3, -0.25) is 4.57 Å². The van der Waals surface area contributed by atoms with Crippen molar-refractivity contribution in [2.75, 3.05) is 6.61 Å². The third-order valence-electron chi connectivity index (χ3n) is 5.47. The highest BCUT2D eigenvalue weighted by atomic mass is 16.6. The van der Waals surface area contributed by atoms with Crippen LogP contribution in [0.5, 0.6) is 11.8 Å². The predicted molar refractivity (Wildman–Crippen MR) is 117 cm³/mol. The normalized spacial score (nSPS) is 16.9. The second-order valence-electron chi connectivity index (χ2n) is 8.07. The van der Waals surface area contributed by atoms with E-state index in [-0.39, 0.29) is 18.4 Å². The Balaban J connectivity index is 1.26. The van der Waals surface area contributed by atoms with Crippen molar-refractivity contribution in [3.05, 3.63) is 70.4 Å². The molecule has 0 N–H and O–H groups in total. The molecule has 1 atom stereocenters.